The van der Waals surface area contributed by atoms with Crippen LogP contribution >= 0.6 is 22.6 Å². The highest BCUT2D eigenvalue weighted by molar-refractivity contribution is 14.1. The number of carbonyl (C=O) groups excluding carboxylic acids is 1. The van der Waals surface area contributed by atoms with Gasteiger partial charge in [0.25, 0.3) is 11.5 Å². The Morgan fingerprint density at radius 3 is 2.65 bits per heavy atom. The van der Waals surface area contributed by atoms with E-state index in [2.05, 4.69) is 5.32 Å². The van der Waals surface area contributed by atoms with Gasteiger partial charge in [-0.25, -0.2) is 4.39 Å². The smallest absolute Gasteiger partial charge is 0.252 e. The predicted octanol–water partition coefficient (Wildman–Crippen LogP) is 1.97. The highest BCUT2D eigenvalue weighted by atomic mass is 127. The van der Waals surface area contributed by atoms with Crippen molar-refractivity contribution in [2.75, 3.05) is 5.32 Å². The van der Waals surface area contributed by atoms with Gasteiger partial charge in [0.2, 0.25) is 0 Å². The van der Waals surface area contributed by atoms with Crippen molar-refractivity contribution in [2.24, 2.45) is 12.8 Å². The van der Waals surface area contributed by atoms with Crippen LogP contribution in [0.25, 0.3) is 0 Å². The highest BCUT2D eigenvalue weighted by Gasteiger charge is 2.14. The quantitative estimate of drug-likeness (QED) is 0.791. The van der Waals surface area contributed by atoms with Crippen molar-refractivity contribution < 1.29 is 9.18 Å². The van der Waals surface area contributed by atoms with Crippen molar-refractivity contribution in [3.05, 3.63) is 55.6 Å². The van der Waals surface area contributed by atoms with E-state index in [4.69, 9.17) is 5.73 Å². The van der Waals surface area contributed by atoms with Crippen LogP contribution in [0.2, 0.25) is 0 Å². The molecular weight excluding hydrogens is 376 g/mol. The number of nitrogens with one attached hydrogen (secondary N) is 1. The summed E-state index contributed by atoms with van der Waals surface area (Å²) in [6.07, 6.45) is 0. The Morgan fingerprint density at radius 2 is 2.05 bits per heavy atom. The van der Waals surface area contributed by atoms with Crippen LogP contribution in [0, 0.1) is 9.39 Å². The van der Waals surface area contributed by atoms with E-state index in [1.54, 1.807) is 6.07 Å². The first-order valence-electron chi connectivity index (χ1n) is 5.62. The number of halogens is 2. The number of hydrogen-bond donors (Lipinski definition) is 2. The Kier molecular flexibility index (Phi) is 4.07. The summed E-state index contributed by atoms with van der Waals surface area (Å²) < 4.78 is 15.8. The molecule has 0 aliphatic heterocycles. The molecule has 1 amide bonds. The van der Waals surface area contributed by atoms with Crippen molar-refractivity contribution in [1.82, 2.24) is 4.57 Å². The van der Waals surface area contributed by atoms with Gasteiger partial charge in [0.1, 0.15) is 11.6 Å². The molecule has 0 bridgehead atoms. The molecule has 0 unspecified atom stereocenters. The number of primary amides is 1. The second-order valence-corrected chi connectivity index (χ2v) is 5.35. The van der Waals surface area contributed by atoms with E-state index in [0.717, 1.165) is 3.57 Å². The average Bonchev–Trinajstić information content (AvgIpc) is 2.37. The number of hydrogen-bond acceptors (Lipinski definition) is 3. The maximum absolute atomic E-state index is 13.8. The molecule has 7 heteroatoms. The normalized spacial score (nSPS) is 10.3. The summed E-state index contributed by atoms with van der Waals surface area (Å²) in [6.45, 7) is 0. The molecule has 0 fully saturated rings. The van der Waals surface area contributed by atoms with E-state index in [1.807, 2.05) is 22.6 Å². The van der Waals surface area contributed by atoms with Crippen molar-refractivity contribution in [1.29, 1.82) is 0 Å². The third kappa shape index (κ3) is 2.82. The lowest BCUT2D eigenvalue weighted by Gasteiger charge is -2.14. The minimum Gasteiger partial charge on any atom is -0.365 e. The summed E-state index contributed by atoms with van der Waals surface area (Å²) in [6, 6.07) is 7.12. The van der Waals surface area contributed by atoms with E-state index >= 15 is 0 Å². The first kappa shape index (κ1) is 14.5. The van der Waals surface area contributed by atoms with Gasteiger partial charge in [-0.15, -0.1) is 0 Å². The standard InChI is InChI=1S/C13H11FIN3O2/c1-18-11(19)5-3-8(12(16)20)13(18)17-10-4-2-7(15)6-9(10)14/h2-6,17H,1H3,(H2,16,20). The van der Waals surface area contributed by atoms with Gasteiger partial charge in [0, 0.05) is 16.7 Å². The van der Waals surface area contributed by atoms with Gasteiger partial charge in [-0.3, -0.25) is 14.2 Å². The summed E-state index contributed by atoms with van der Waals surface area (Å²) in [4.78, 5) is 23.0. The Hall–Kier alpha value is -1.90. The van der Waals surface area contributed by atoms with E-state index in [0.29, 0.717) is 0 Å². The van der Waals surface area contributed by atoms with E-state index in [1.165, 1.54) is 35.9 Å². The molecular formula is C13H11FIN3O2. The van der Waals surface area contributed by atoms with E-state index in [-0.39, 0.29) is 22.6 Å². The molecule has 20 heavy (non-hydrogen) atoms. The van der Waals surface area contributed by atoms with Crippen LogP contribution in [-0.2, 0) is 7.05 Å². The number of nitrogens with zero attached hydrogens (tertiary/aromatic N) is 1. The Balaban J connectivity index is 2.55. The van der Waals surface area contributed by atoms with Crippen molar-refractivity contribution in [3.63, 3.8) is 0 Å². The van der Waals surface area contributed by atoms with Crippen LogP contribution in [0.4, 0.5) is 15.9 Å². The Morgan fingerprint density at radius 1 is 1.35 bits per heavy atom. The Labute approximate surface area is 127 Å². The van der Waals surface area contributed by atoms with Crippen LogP contribution in [0.3, 0.4) is 0 Å². The summed E-state index contributed by atoms with van der Waals surface area (Å²) in [7, 11) is 1.47. The minimum atomic E-state index is -0.700. The lowest BCUT2D eigenvalue weighted by atomic mass is 10.2. The van der Waals surface area contributed by atoms with Crippen molar-refractivity contribution in [2.45, 2.75) is 0 Å². The van der Waals surface area contributed by atoms with Crippen molar-refractivity contribution >= 4 is 40.0 Å². The van der Waals surface area contributed by atoms with Gasteiger partial charge in [-0.1, -0.05) is 0 Å². The molecule has 0 saturated carbocycles. The second-order valence-electron chi connectivity index (χ2n) is 4.11. The van der Waals surface area contributed by atoms with Crippen LogP contribution in [0.1, 0.15) is 10.4 Å². The second kappa shape index (κ2) is 5.61. The van der Waals surface area contributed by atoms with Gasteiger partial charge in [-0.05, 0) is 46.9 Å². The monoisotopic (exact) mass is 387 g/mol. The molecule has 2 aromatic rings. The molecule has 0 spiro atoms. The zero-order chi connectivity index (χ0) is 14.9. The molecule has 0 atom stereocenters. The summed E-state index contributed by atoms with van der Waals surface area (Å²) in [5.41, 5.74) is 5.21. The minimum absolute atomic E-state index is 0.116. The fourth-order valence-corrected chi connectivity index (χ4v) is 2.16. The van der Waals surface area contributed by atoms with Crippen LogP contribution in [-0.4, -0.2) is 10.5 Å². The molecule has 104 valence electrons. The lowest BCUT2D eigenvalue weighted by Crippen LogP contribution is -2.24. The van der Waals surface area contributed by atoms with Gasteiger partial charge >= 0.3 is 0 Å². The summed E-state index contributed by atoms with van der Waals surface area (Å²) in [5, 5.41) is 2.74. The van der Waals surface area contributed by atoms with E-state index < -0.39 is 11.7 Å². The van der Waals surface area contributed by atoms with Crippen LogP contribution < -0.4 is 16.6 Å². The maximum atomic E-state index is 13.8. The highest BCUT2D eigenvalue weighted by Crippen LogP contribution is 2.23. The van der Waals surface area contributed by atoms with Crippen LogP contribution in [0.15, 0.2) is 35.1 Å². The SMILES string of the molecule is Cn1c(Nc2ccc(I)cc2F)c(C(N)=O)ccc1=O. The zero-order valence-corrected chi connectivity index (χ0v) is 12.6. The molecule has 1 aromatic carbocycles. The molecule has 0 aliphatic carbocycles. The number of aromatic nitrogens is 1. The molecule has 2 rings (SSSR count). The van der Waals surface area contributed by atoms with Gasteiger partial charge in [0.05, 0.1) is 11.3 Å². The molecule has 1 aromatic heterocycles. The number of pyridine rings is 1. The third-order valence-corrected chi connectivity index (χ3v) is 3.43. The summed E-state index contributed by atoms with van der Waals surface area (Å²) in [5.74, 6) is -1.03. The number of nitrogens with two attached hydrogens (primary N) is 1. The molecule has 0 saturated heterocycles. The van der Waals surface area contributed by atoms with Gasteiger partial charge < -0.3 is 11.1 Å². The molecule has 0 aliphatic rings. The van der Waals surface area contributed by atoms with Gasteiger partial charge in [0.15, 0.2) is 0 Å². The largest absolute Gasteiger partial charge is 0.365 e. The van der Waals surface area contributed by atoms with Crippen molar-refractivity contribution in [3.8, 4) is 0 Å². The number of anilines is 2. The predicted molar refractivity (Wildman–Crippen MR) is 82.6 cm³/mol. The van der Waals surface area contributed by atoms with Gasteiger partial charge in [-0.2, -0.15) is 0 Å². The summed E-state index contributed by atoms with van der Waals surface area (Å²) >= 11 is 1.99. The number of carbonyl (C=O) groups is 1. The number of benzene rings is 1. The molecule has 0 radical (unpaired) electrons. The van der Waals surface area contributed by atoms with E-state index in [9.17, 15) is 14.0 Å². The van der Waals surface area contributed by atoms with Crippen LogP contribution in [0.5, 0.6) is 0 Å². The lowest BCUT2D eigenvalue weighted by molar-refractivity contribution is 0.100. The zero-order valence-electron chi connectivity index (χ0n) is 10.5. The Bertz CT molecular complexity index is 743. The number of rotatable bonds is 3. The first-order chi connectivity index (χ1) is 9.40. The number of amides is 1. The maximum Gasteiger partial charge on any atom is 0.252 e. The molecule has 5 nitrogen and oxygen atoms in total. The molecule has 3 N–H and O–H groups in total. The third-order valence-electron chi connectivity index (χ3n) is 2.76. The fraction of sp³-hybridized carbons (Fsp3) is 0.0769. The first-order valence-corrected chi connectivity index (χ1v) is 6.70. The average molecular weight is 387 g/mol. The topological polar surface area (TPSA) is 77.1 Å². The molecule has 1 heterocycles. The fourth-order valence-electron chi connectivity index (χ4n) is 1.70.